The summed E-state index contributed by atoms with van der Waals surface area (Å²) in [6.07, 6.45) is -3.78. The third-order valence-corrected chi connectivity index (χ3v) is 6.64. The summed E-state index contributed by atoms with van der Waals surface area (Å²) in [5, 5.41) is 0. The number of carbonyl (C=O) groups is 6. The number of rotatable bonds is 9. The molecule has 2 unspecified atom stereocenters. The lowest BCUT2D eigenvalue weighted by atomic mass is 10.0. The smallest absolute Gasteiger partial charge is 0.385 e. The predicted molar refractivity (Wildman–Crippen MR) is 132 cm³/mol. The van der Waals surface area contributed by atoms with Gasteiger partial charge in [-0.3, -0.25) is 19.4 Å². The summed E-state index contributed by atoms with van der Waals surface area (Å²) in [5.74, 6) is -6.67. The van der Waals surface area contributed by atoms with Crippen LogP contribution in [0, 0.1) is 0 Å². The van der Waals surface area contributed by atoms with E-state index in [0.717, 1.165) is 22.6 Å². The number of aldehydes is 1. The second-order valence-electron chi connectivity index (χ2n) is 9.22. The van der Waals surface area contributed by atoms with Gasteiger partial charge in [0, 0.05) is 64.5 Å². The molecular formula is C24H29F3N6O8. The van der Waals surface area contributed by atoms with Gasteiger partial charge in [0.2, 0.25) is 17.7 Å². The Morgan fingerprint density at radius 2 is 1.73 bits per heavy atom. The number of pyridine rings is 1. The molecular weight excluding hydrogens is 557 g/mol. The highest BCUT2D eigenvalue weighted by molar-refractivity contribution is 5.97. The molecule has 1 aromatic heterocycles. The number of anilines is 1. The van der Waals surface area contributed by atoms with Crippen LogP contribution in [0.1, 0.15) is 6.42 Å². The fraction of sp³-hybridized carbons (Fsp3) is 0.542. The van der Waals surface area contributed by atoms with Crippen molar-refractivity contribution >= 4 is 41.6 Å². The van der Waals surface area contributed by atoms with Crippen molar-refractivity contribution in [3.8, 4) is 0 Å². The number of methoxy groups -OCH3 is 1. The number of aromatic nitrogens is 1. The van der Waals surface area contributed by atoms with Crippen LogP contribution in [0.25, 0.3) is 0 Å². The Hall–Kier alpha value is -4.12. The molecule has 0 aromatic carbocycles. The molecule has 0 saturated carbocycles. The van der Waals surface area contributed by atoms with Crippen molar-refractivity contribution in [3.63, 3.8) is 0 Å². The molecule has 14 nitrogen and oxygen atoms in total. The van der Waals surface area contributed by atoms with Crippen LogP contribution in [-0.2, 0) is 38.2 Å². The first kappa shape index (κ1) is 31.4. The molecule has 0 radical (unpaired) electrons. The van der Waals surface area contributed by atoms with Crippen LogP contribution in [0.2, 0.25) is 0 Å². The number of hydrogen-bond donors (Lipinski definition) is 1. The van der Waals surface area contributed by atoms with Crippen LogP contribution < -0.4 is 10.6 Å². The van der Waals surface area contributed by atoms with Crippen molar-refractivity contribution in [2.45, 2.75) is 30.8 Å². The average molecular weight is 587 g/mol. The van der Waals surface area contributed by atoms with Gasteiger partial charge in [0.15, 0.2) is 6.29 Å². The first-order valence-electron chi connectivity index (χ1n) is 12.4. The lowest BCUT2D eigenvalue weighted by molar-refractivity contribution is -0.202. The molecule has 3 amide bonds. The van der Waals surface area contributed by atoms with Gasteiger partial charge in [-0.15, -0.1) is 0 Å². The predicted octanol–water partition coefficient (Wildman–Crippen LogP) is -1.67. The Morgan fingerprint density at radius 1 is 1.10 bits per heavy atom. The number of hydrogen-bond acceptors (Lipinski definition) is 11. The maximum absolute atomic E-state index is 13.2. The summed E-state index contributed by atoms with van der Waals surface area (Å²) < 4.78 is 45.9. The van der Waals surface area contributed by atoms with Crippen LogP contribution in [0.5, 0.6) is 0 Å². The van der Waals surface area contributed by atoms with Crippen molar-refractivity contribution in [1.82, 2.24) is 19.7 Å². The number of esters is 2. The van der Waals surface area contributed by atoms with Crippen LogP contribution in [0.15, 0.2) is 24.5 Å². The van der Waals surface area contributed by atoms with Gasteiger partial charge < -0.3 is 39.6 Å². The molecule has 0 bridgehead atoms. The van der Waals surface area contributed by atoms with E-state index in [1.807, 2.05) is 12.1 Å². The Balaban J connectivity index is 1.62. The number of nitrogens with zero attached hydrogens (tertiary/aromatic N) is 5. The van der Waals surface area contributed by atoms with Crippen molar-refractivity contribution < 1.29 is 51.4 Å². The zero-order valence-corrected chi connectivity index (χ0v) is 22.0. The summed E-state index contributed by atoms with van der Waals surface area (Å²) in [7, 11) is 1.08. The molecule has 3 heterocycles. The third-order valence-electron chi connectivity index (χ3n) is 6.64. The molecule has 224 valence electrons. The van der Waals surface area contributed by atoms with Crippen molar-refractivity contribution in [2.24, 2.45) is 5.73 Å². The molecule has 2 fully saturated rings. The van der Waals surface area contributed by atoms with E-state index in [-0.39, 0.29) is 25.8 Å². The second kappa shape index (κ2) is 13.5. The fourth-order valence-corrected chi connectivity index (χ4v) is 4.51. The Labute approximate surface area is 232 Å². The number of nitrogens with two attached hydrogens (primary N) is 1. The Morgan fingerprint density at radius 3 is 2.29 bits per heavy atom. The lowest BCUT2D eigenvalue weighted by Gasteiger charge is -2.42. The third kappa shape index (κ3) is 7.75. The van der Waals surface area contributed by atoms with Gasteiger partial charge in [0.1, 0.15) is 18.7 Å². The maximum atomic E-state index is 13.2. The largest absolute Gasteiger partial charge is 0.491 e. The summed E-state index contributed by atoms with van der Waals surface area (Å²) in [6, 6.07) is 0.679. The van der Waals surface area contributed by atoms with Gasteiger partial charge in [-0.05, 0) is 12.1 Å². The molecule has 2 aliphatic rings. The number of ether oxygens (including phenoxy) is 2. The summed E-state index contributed by atoms with van der Waals surface area (Å²) in [4.78, 5) is 82.9. The Kier molecular flexibility index (Phi) is 10.3. The van der Waals surface area contributed by atoms with Crippen LogP contribution in [-0.4, -0.2) is 133 Å². The molecule has 2 aliphatic heterocycles. The Bertz CT molecular complexity index is 1150. The van der Waals surface area contributed by atoms with Crippen LogP contribution >= 0.6 is 0 Å². The van der Waals surface area contributed by atoms with Gasteiger partial charge in [-0.2, -0.15) is 13.2 Å². The average Bonchev–Trinajstić information content (AvgIpc) is 2.95. The zero-order chi connectivity index (χ0) is 30.3. The lowest BCUT2D eigenvalue weighted by Crippen LogP contribution is -2.66. The normalized spacial score (nSPS) is 19.4. The van der Waals surface area contributed by atoms with E-state index in [4.69, 9.17) is 10.5 Å². The molecule has 0 aliphatic carbocycles. The summed E-state index contributed by atoms with van der Waals surface area (Å²) in [6.45, 7) is 0.147. The number of alkyl halides is 3. The van der Waals surface area contributed by atoms with Crippen LogP contribution in [0.4, 0.5) is 18.9 Å². The number of carbonyl (C=O) groups excluding carboxylic acids is 6. The number of piperazine rings is 2. The fourth-order valence-electron chi connectivity index (χ4n) is 4.51. The minimum Gasteiger partial charge on any atom is -0.385 e. The van der Waals surface area contributed by atoms with Crippen molar-refractivity contribution in [1.29, 1.82) is 0 Å². The zero-order valence-electron chi connectivity index (χ0n) is 22.0. The van der Waals surface area contributed by atoms with Gasteiger partial charge in [-0.1, -0.05) is 0 Å². The van der Waals surface area contributed by atoms with Gasteiger partial charge in [-0.25, -0.2) is 9.59 Å². The topological polar surface area (TPSA) is 173 Å². The molecule has 17 heteroatoms. The summed E-state index contributed by atoms with van der Waals surface area (Å²) in [5.41, 5.74) is 7.00. The highest BCUT2D eigenvalue weighted by atomic mass is 19.4. The molecule has 2 N–H and O–H groups in total. The maximum Gasteiger partial charge on any atom is 0.491 e. The molecule has 3 atom stereocenters. The van der Waals surface area contributed by atoms with Gasteiger partial charge in [0.25, 0.3) is 0 Å². The second-order valence-corrected chi connectivity index (χ2v) is 9.22. The first-order chi connectivity index (χ1) is 19.4. The summed E-state index contributed by atoms with van der Waals surface area (Å²) >= 11 is 0. The minimum atomic E-state index is -5.42. The minimum absolute atomic E-state index is 0.233. The highest BCUT2D eigenvalue weighted by Crippen LogP contribution is 2.20. The van der Waals surface area contributed by atoms with E-state index in [9.17, 15) is 41.9 Å². The van der Waals surface area contributed by atoms with E-state index in [0.29, 0.717) is 26.2 Å². The molecule has 1 aromatic rings. The van der Waals surface area contributed by atoms with E-state index >= 15 is 0 Å². The van der Waals surface area contributed by atoms with Crippen LogP contribution in [0.3, 0.4) is 0 Å². The van der Waals surface area contributed by atoms with E-state index < -0.39 is 60.6 Å². The van der Waals surface area contributed by atoms with Gasteiger partial charge >= 0.3 is 18.1 Å². The SMILES string of the molecule is COC(C=O)[C@H]1C(=O)N(CC(=O)OC(=O)C(F)(F)F)CCN1C(=O)C(N)CC(=O)N1CCN(c2ccncc2)CC1. The first-order valence-corrected chi connectivity index (χ1v) is 12.4. The monoisotopic (exact) mass is 586 g/mol. The van der Waals surface area contributed by atoms with Gasteiger partial charge in [0.05, 0.1) is 12.5 Å². The highest BCUT2D eigenvalue weighted by Gasteiger charge is 2.46. The van der Waals surface area contributed by atoms with Crippen molar-refractivity contribution in [2.75, 3.05) is 57.8 Å². The molecule has 3 rings (SSSR count). The molecule has 2 saturated heterocycles. The standard InChI is InChI=1S/C24H29F3N6O8/c1-40-17(14-34)20-22(38)32(13-19(36)41-23(39)24(25,26)27)10-11-33(20)21(37)16(28)12-18(35)31-8-6-30(7-9-31)15-2-4-29-5-3-15/h2-5,14,16-17,20H,6-13,28H2,1H3/t16?,17?,20-/m0/s1. The van der Waals surface area contributed by atoms with E-state index in [1.54, 1.807) is 17.3 Å². The van der Waals surface area contributed by atoms with E-state index in [2.05, 4.69) is 14.6 Å². The molecule has 41 heavy (non-hydrogen) atoms. The quantitative estimate of drug-likeness (QED) is 0.199. The molecule has 0 spiro atoms. The van der Waals surface area contributed by atoms with E-state index in [1.165, 1.54) is 0 Å². The van der Waals surface area contributed by atoms with Crippen molar-refractivity contribution in [3.05, 3.63) is 24.5 Å². The number of halogens is 3. The number of amides is 3.